The van der Waals surface area contributed by atoms with Gasteiger partial charge in [-0.2, -0.15) is 0 Å². The number of nitro benzene ring substituents is 1. The van der Waals surface area contributed by atoms with Crippen LogP contribution < -0.4 is 11.4 Å². The van der Waals surface area contributed by atoms with Gasteiger partial charge < -0.3 is 5.84 Å². The summed E-state index contributed by atoms with van der Waals surface area (Å²) in [4.78, 5) is 33.1. The number of fused-ring (bicyclic) bond motifs is 1. The van der Waals surface area contributed by atoms with Crippen molar-refractivity contribution in [2.45, 2.75) is 6.92 Å². The molecule has 0 spiro atoms. The van der Waals surface area contributed by atoms with Gasteiger partial charge in [-0.15, -0.1) is 0 Å². The number of rotatable bonds is 2. The van der Waals surface area contributed by atoms with E-state index in [0.29, 0.717) is 10.9 Å². The zero-order valence-electron chi connectivity index (χ0n) is 9.41. The third-order valence-electron chi connectivity index (χ3n) is 2.61. The number of carbonyl (C=O) groups excluding carboxylic acids is 1. The summed E-state index contributed by atoms with van der Waals surface area (Å²) in [6.45, 7) is 1.24. The van der Waals surface area contributed by atoms with Crippen molar-refractivity contribution in [3.8, 4) is 0 Å². The number of nitrogens with zero attached hydrogens (tertiary/aromatic N) is 2. The minimum absolute atomic E-state index is 0.0921. The first-order valence-corrected chi connectivity index (χ1v) is 5.02. The van der Waals surface area contributed by atoms with E-state index in [9.17, 15) is 19.7 Å². The van der Waals surface area contributed by atoms with Crippen LogP contribution in [-0.2, 0) is 0 Å². The van der Waals surface area contributed by atoms with Gasteiger partial charge in [0.2, 0.25) is 0 Å². The van der Waals surface area contributed by atoms with Gasteiger partial charge in [0.25, 0.3) is 11.2 Å². The van der Waals surface area contributed by atoms with E-state index < -0.39 is 16.3 Å². The van der Waals surface area contributed by atoms with Gasteiger partial charge in [-0.3, -0.25) is 19.7 Å². The number of hydrogen-bond donors (Lipinski definition) is 1. The molecule has 0 amide bonds. The van der Waals surface area contributed by atoms with Crippen LogP contribution in [0.4, 0.5) is 5.69 Å². The van der Waals surface area contributed by atoms with Crippen LogP contribution in [-0.4, -0.2) is 15.4 Å². The zero-order valence-corrected chi connectivity index (χ0v) is 9.41. The lowest BCUT2D eigenvalue weighted by atomic mass is 10.1. The molecule has 7 nitrogen and oxygen atoms in total. The average molecular weight is 247 g/mol. The molecule has 0 radical (unpaired) electrons. The maximum atomic E-state index is 11.7. The van der Waals surface area contributed by atoms with Crippen LogP contribution in [0.3, 0.4) is 0 Å². The summed E-state index contributed by atoms with van der Waals surface area (Å²) in [5.41, 5.74) is -0.513. The summed E-state index contributed by atoms with van der Waals surface area (Å²) in [7, 11) is 0. The molecular weight excluding hydrogens is 238 g/mol. The molecule has 1 aromatic carbocycles. The van der Waals surface area contributed by atoms with E-state index in [1.807, 2.05) is 0 Å². The molecule has 0 unspecified atom stereocenters. The minimum Gasteiger partial charge on any atom is -0.336 e. The Morgan fingerprint density at radius 3 is 2.61 bits per heavy atom. The van der Waals surface area contributed by atoms with Crippen LogP contribution >= 0.6 is 0 Å². The molecule has 0 aliphatic carbocycles. The van der Waals surface area contributed by atoms with Crippen molar-refractivity contribution < 1.29 is 9.72 Å². The van der Waals surface area contributed by atoms with Crippen molar-refractivity contribution in [1.29, 1.82) is 0 Å². The van der Waals surface area contributed by atoms with Gasteiger partial charge in [0, 0.05) is 17.5 Å². The Morgan fingerprint density at radius 2 is 2.06 bits per heavy atom. The maximum Gasteiger partial charge on any atom is 0.280 e. The molecule has 7 heteroatoms. The highest BCUT2D eigenvalue weighted by Crippen LogP contribution is 2.19. The number of nitrogens with two attached hydrogens (primary N) is 1. The number of Topliss-reactive ketones (excluding diaryl/α,β-unsaturated/α-hetero) is 1. The lowest BCUT2D eigenvalue weighted by molar-refractivity contribution is -0.384. The number of pyridine rings is 1. The number of carbonyl (C=O) groups is 1. The summed E-state index contributed by atoms with van der Waals surface area (Å²) >= 11 is 0. The first-order chi connectivity index (χ1) is 8.41. The third kappa shape index (κ3) is 1.71. The summed E-state index contributed by atoms with van der Waals surface area (Å²) in [5, 5.41) is 11.0. The monoisotopic (exact) mass is 247 g/mol. The molecule has 1 heterocycles. The Labute approximate surface area is 101 Å². The first-order valence-electron chi connectivity index (χ1n) is 5.02. The predicted octanol–water partition coefficient (Wildman–Crippen LogP) is 0.826. The van der Waals surface area contributed by atoms with Gasteiger partial charge in [-0.05, 0) is 19.1 Å². The molecule has 0 aliphatic rings. The van der Waals surface area contributed by atoms with Crippen LogP contribution in [0, 0.1) is 10.1 Å². The van der Waals surface area contributed by atoms with E-state index in [-0.39, 0.29) is 11.3 Å². The second-order valence-electron chi connectivity index (χ2n) is 3.79. The average Bonchev–Trinajstić information content (AvgIpc) is 2.32. The van der Waals surface area contributed by atoms with Crippen LogP contribution in [0.1, 0.15) is 17.3 Å². The van der Waals surface area contributed by atoms with Crippen molar-refractivity contribution in [1.82, 2.24) is 4.68 Å². The second kappa shape index (κ2) is 3.95. The Morgan fingerprint density at radius 1 is 1.39 bits per heavy atom. The SMILES string of the molecule is CC(=O)c1cc2cc([N+](=O)[O-])ccc2n(N)c1=O. The Hall–Kier alpha value is -2.70. The van der Waals surface area contributed by atoms with Crippen molar-refractivity contribution >= 4 is 22.4 Å². The van der Waals surface area contributed by atoms with Crippen LogP contribution in [0.5, 0.6) is 0 Å². The fraction of sp³-hybridized carbons (Fsp3) is 0.0909. The molecule has 1 aromatic heterocycles. The normalized spacial score (nSPS) is 10.5. The molecule has 0 bridgehead atoms. The van der Waals surface area contributed by atoms with E-state index in [4.69, 9.17) is 5.84 Å². The van der Waals surface area contributed by atoms with Crippen molar-refractivity contribution in [3.05, 3.63) is 50.3 Å². The summed E-state index contributed by atoms with van der Waals surface area (Å²) in [5.74, 6) is 5.13. The van der Waals surface area contributed by atoms with Crippen molar-refractivity contribution in [2.24, 2.45) is 0 Å². The summed E-state index contributed by atoms with van der Waals surface area (Å²) in [6.07, 6.45) is 0. The lowest BCUT2D eigenvalue weighted by Gasteiger charge is -2.06. The number of hydrogen-bond acceptors (Lipinski definition) is 5. The highest BCUT2D eigenvalue weighted by atomic mass is 16.6. The fourth-order valence-electron chi connectivity index (χ4n) is 1.70. The maximum absolute atomic E-state index is 11.7. The zero-order chi connectivity index (χ0) is 13.4. The number of nitrogen functional groups attached to an aromatic ring is 1. The van der Waals surface area contributed by atoms with Crippen molar-refractivity contribution in [3.63, 3.8) is 0 Å². The Balaban J connectivity index is 2.87. The Bertz CT molecular complexity index is 733. The largest absolute Gasteiger partial charge is 0.336 e. The summed E-state index contributed by atoms with van der Waals surface area (Å²) < 4.78 is 0.815. The van der Waals surface area contributed by atoms with Gasteiger partial charge in [-0.1, -0.05) is 0 Å². The van der Waals surface area contributed by atoms with E-state index in [1.165, 1.54) is 31.2 Å². The van der Waals surface area contributed by atoms with E-state index in [1.54, 1.807) is 0 Å². The molecule has 18 heavy (non-hydrogen) atoms. The van der Waals surface area contributed by atoms with Gasteiger partial charge in [0.1, 0.15) is 0 Å². The topological polar surface area (TPSA) is 108 Å². The standard InChI is InChI=1S/C11H9N3O4/c1-6(15)9-5-7-4-8(14(17)18)2-3-10(7)13(12)11(9)16/h2-5H,12H2,1H3. The molecule has 0 saturated heterocycles. The van der Waals surface area contributed by atoms with E-state index >= 15 is 0 Å². The molecular formula is C11H9N3O4. The first kappa shape index (κ1) is 11.8. The molecule has 2 rings (SSSR count). The molecule has 92 valence electrons. The van der Waals surface area contributed by atoms with Gasteiger partial charge >= 0.3 is 0 Å². The number of non-ortho nitro benzene ring substituents is 1. The predicted molar refractivity (Wildman–Crippen MR) is 65.0 cm³/mol. The van der Waals surface area contributed by atoms with E-state index in [0.717, 1.165) is 4.68 Å². The highest BCUT2D eigenvalue weighted by Gasteiger charge is 2.13. The molecule has 0 fully saturated rings. The second-order valence-corrected chi connectivity index (χ2v) is 3.79. The molecule has 2 aromatic rings. The van der Waals surface area contributed by atoms with Crippen molar-refractivity contribution in [2.75, 3.05) is 5.84 Å². The quantitative estimate of drug-likeness (QED) is 0.366. The van der Waals surface area contributed by atoms with Crippen LogP contribution in [0.15, 0.2) is 29.1 Å². The molecule has 0 atom stereocenters. The van der Waals surface area contributed by atoms with Gasteiger partial charge in [-0.25, -0.2) is 4.68 Å². The number of ketones is 1. The van der Waals surface area contributed by atoms with Gasteiger partial charge in [0.05, 0.1) is 16.0 Å². The minimum atomic E-state index is -0.621. The molecule has 0 aliphatic heterocycles. The number of benzene rings is 1. The van der Waals surface area contributed by atoms with E-state index in [2.05, 4.69) is 0 Å². The number of aromatic nitrogens is 1. The Kier molecular flexibility index (Phi) is 2.59. The third-order valence-corrected chi connectivity index (χ3v) is 2.61. The molecule has 2 N–H and O–H groups in total. The summed E-state index contributed by atoms with van der Waals surface area (Å²) in [6, 6.07) is 5.21. The fourth-order valence-corrected chi connectivity index (χ4v) is 1.70. The smallest absolute Gasteiger partial charge is 0.280 e. The van der Waals surface area contributed by atoms with Crippen LogP contribution in [0.25, 0.3) is 10.9 Å². The van der Waals surface area contributed by atoms with Gasteiger partial charge in [0.15, 0.2) is 5.78 Å². The highest BCUT2D eigenvalue weighted by molar-refractivity contribution is 5.97. The number of nitro groups is 1. The molecule has 0 saturated carbocycles. The lowest BCUT2D eigenvalue weighted by Crippen LogP contribution is -2.31. The van der Waals surface area contributed by atoms with Crippen LogP contribution in [0.2, 0.25) is 0 Å².